The normalized spacial score (nSPS) is 21.0. The molecule has 6 nitrogen and oxygen atoms in total. The third-order valence-electron chi connectivity index (χ3n) is 5.48. The predicted octanol–water partition coefficient (Wildman–Crippen LogP) is 3.55. The van der Waals surface area contributed by atoms with Gasteiger partial charge in [0.2, 0.25) is 10.0 Å². The number of hydrogen-bond donors (Lipinski definition) is 1. The molecule has 2 atom stereocenters. The van der Waals surface area contributed by atoms with Crippen molar-refractivity contribution in [2.75, 3.05) is 13.7 Å². The van der Waals surface area contributed by atoms with Gasteiger partial charge in [-0.15, -0.1) is 0 Å². The number of benzene rings is 2. The van der Waals surface area contributed by atoms with Crippen molar-refractivity contribution in [3.63, 3.8) is 0 Å². The Bertz CT molecular complexity index is 1180. The van der Waals surface area contributed by atoms with Crippen LogP contribution in [-0.2, 0) is 16.4 Å². The third-order valence-corrected chi connectivity index (χ3v) is 7.44. The summed E-state index contributed by atoms with van der Waals surface area (Å²) in [6.07, 6.45) is -0.597. The molecule has 158 valence electrons. The smallest absolute Gasteiger partial charge is 0.243 e. The van der Waals surface area contributed by atoms with Crippen molar-refractivity contribution in [1.29, 1.82) is 0 Å². The van der Waals surface area contributed by atoms with E-state index in [2.05, 4.69) is 0 Å². The molecule has 1 aliphatic rings. The van der Waals surface area contributed by atoms with Crippen molar-refractivity contribution < 1.29 is 18.3 Å². The van der Waals surface area contributed by atoms with E-state index in [4.69, 9.17) is 9.72 Å². The summed E-state index contributed by atoms with van der Waals surface area (Å²) in [6, 6.07) is 15.6. The van der Waals surface area contributed by atoms with Gasteiger partial charge in [-0.1, -0.05) is 38.1 Å². The standard InChI is InChI=1S/C23H26N2O4S/c1-15(2)14-25-21(23(26)19-6-4-5-7-22(19)30(25,27)28)13-17-9-8-16-12-18(29-3)10-11-20(16)24-17/h4-12,15,21,23,26H,13-14H2,1-3H3/t21-,23+/m0/s1. The molecule has 1 aliphatic heterocycles. The minimum Gasteiger partial charge on any atom is -0.497 e. The molecule has 0 saturated carbocycles. The molecule has 4 rings (SSSR count). The molecule has 3 aromatic rings. The SMILES string of the molecule is COc1ccc2nc(C[C@H]3[C@H](O)c4ccccc4S(=O)(=O)N3CC(C)C)ccc2c1. The molecule has 0 fully saturated rings. The Morgan fingerprint density at radius 2 is 1.90 bits per heavy atom. The number of nitrogens with zero attached hydrogens (tertiary/aromatic N) is 2. The minimum atomic E-state index is -3.70. The Balaban J connectivity index is 1.75. The van der Waals surface area contributed by atoms with Crippen LogP contribution < -0.4 is 4.74 Å². The molecule has 0 spiro atoms. The molecule has 0 bridgehead atoms. The van der Waals surface area contributed by atoms with E-state index in [1.807, 2.05) is 44.2 Å². The van der Waals surface area contributed by atoms with Gasteiger partial charge in [-0.25, -0.2) is 8.42 Å². The Labute approximate surface area is 177 Å². The molecule has 0 amide bonds. The number of methoxy groups -OCH3 is 1. The van der Waals surface area contributed by atoms with E-state index in [1.165, 1.54) is 4.31 Å². The van der Waals surface area contributed by atoms with Crippen LogP contribution in [0.15, 0.2) is 59.5 Å². The van der Waals surface area contributed by atoms with Crippen LogP contribution in [0.3, 0.4) is 0 Å². The lowest BCUT2D eigenvalue weighted by molar-refractivity contribution is 0.0749. The van der Waals surface area contributed by atoms with Crippen LogP contribution in [0.25, 0.3) is 10.9 Å². The maximum atomic E-state index is 13.3. The van der Waals surface area contributed by atoms with E-state index in [-0.39, 0.29) is 10.8 Å². The number of sulfonamides is 1. The number of hydrogen-bond acceptors (Lipinski definition) is 5. The predicted molar refractivity (Wildman–Crippen MR) is 116 cm³/mol. The van der Waals surface area contributed by atoms with Gasteiger partial charge in [0.1, 0.15) is 5.75 Å². The molecule has 0 aliphatic carbocycles. The highest BCUT2D eigenvalue weighted by molar-refractivity contribution is 7.89. The van der Waals surface area contributed by atoms with Crippen LogP contribution in [0.2, 0.25) is 0 Å². The van der Waals surface area contributed by atoms with E-state index in [0.29, 0.717) is 18.5 Å². The summed E-state index contributed by atoms with van der Waals surface area (Å²) < 4.78 is 33.4. The number of pyridine rings is 1. The molecule has 1 aromatic heterocycles. The largest absolute Gasteiger partial charge is 0.497 e. The van der Waals surface area contributed by atoms with Crippen LogP contribution in [0, 0.1) is 5.92 Å². The number of aromatic nitrogens is 1. The average Bonchev–Trinajstić information content (AvgIpc) is 2.74. The van der Waals surface area contributed by atoms with E-state index < -0.39 is 22.2 Å². The lowest BCUT2D eigenvalue weighted by Gasteiger charge is -2.40. The Morgan fingerprint density at radius 1 is 1.13 bits per heavy atom. The summed E-state index contributed by atoms with van der Waals surface area (Å²) in [7, 11) is -2.08. The van der Waals surface area contributed by atoms with Crippen molar-refractivity contribution in [2.24, 2.45) is 5.92 Å². The zero-order valence-electron chi connectivity index (χ0n) is 17.3. The average molecular weight is 427 g/mol. The highest BCUT2D eigenvalue weighted by Crippen LogP contribution is 2.38. The minimum absolute atomic E-state index is 0.122. The number of ether oxygens (including phenoxy) is 1. The van der Waals surface area contributed by atoms with E-state index >= 15 is 0 Å². The van der Waals surface area contributed by atoms with Gasteiger partial charge in [-0.2, -0.15) is 4.31 Å². The highest BCUT2D eigenvalue weighted by Gasteiger charge is 2.43. The van der Waals surface area contributed by atoms with Gasteiger partial charge in [0.25, 0.3) is 0 Å². The van der Waals surface area contributed by atoms with Gasteiger partial charge >= 0.3 is 0 Å². The maximum absolute atomic E-state index is 13.3. The van der Waals surface area contributed by atoms with Gasteiger partial charge in [0.05, 0.1) is 29.7 Å². The fourth-order valence-corrected chi connectivity index (χ4v) is 6.07. The lowest BCUT2D eigenvalue weighted by Crippen LogP contribution is -2.50. The van der Waals surface area contributed by atoms with E-state index in [1.54, 1.807) is 31.4 Å². The molecular formula is C23H26N2O4S. The lowest BCUT2D eigenvalue weighted by atomic mass is 9.96. The first-order chi connectivity index (χ1) is 14.3. The van der Waals surface area contributed by atoms with Gasteiger partial charge in [-0.3, -0.25) is 4.98 Å². The van der Waals surface area contributed by atoms with Gasteiger partial charge in [0, 0.05) is 29.6 Å². The molecule has 2 heterocycles. The molecule has 2 aromatic carbocycles. The van der Waals surface area contributed by atoms with Gasteiger partial charge in [0.15, 0.2) is 0 Å². The fourth-order valence-electron chi connectivity index (χ4n) is 4.04. The van der Waals surface area contributed by atoms with E-state index in [9.17, 15) is 13.5 Å². The summed E-state index contributed by atoms with van der Waals surface area (Å²) in [5, 5.41) is 12.1. The molecule has 30 heavy (non-hydrogen) atoms. The zero-order chi connectivity index (χ0) is 21.5. The topological polar surface area (TPSA) is 79.7 Å². The second-order valence-corrected chi connectivity index (χ2v) is 9.94. The van der Waals surface area contributed by atoms with Crippen molar-refractivity contribution >= 4 is 20.9 Å². The van der Waals surface area contributed by atoms with Crippen LogP contribution >= 0.6 is 0 Å². The van der Waals surface area contributed by atoms with Crippen LogP contribution in [0.1, 0.15) is 31.2 Å². The maximum Gasteiger partial charge on any atom is 0.243 e. The first kappa shape index (κ1) is 20.8. The third kappa shape index (κ3) is 3.69. The Kier molecular flexibility index (Phi) is 5.53. The molecule has 1 N–H and O–H groups in total. The summed E-state index contributed by atoms with van der Waals surface area (Å²) in [6.45, 7) is 4.28. The summed E-state index contributed by atoms with van der Waals surface area (Å²) in [5.41, 5.74) is 1.99. The van der Waals surface area contributed by atoms with Crippen LogP contribution in [0.5, 0.6) is 5.75 Å². The quantitative estimate of drug-likeness (QED) is 0.675. The van der Waals surface area contributed by atoms with Crippen molar-refractivity contribution in [3.05, 3.63) is 65.9 Å². The second kappa shape index (κ2) is 7.98. The second-order valence-electron chi connectivity index (χ2n) is 8.08. The van der Waals surface area contributed by atoms with Gasteiger partial charge in [-0.05, 0) is 36.2 Å². The number of rotatable bonds is 5. The van der Waals surface area contributed by atoms with E-state index in [0.717, 1.165) is 22.3 Å². The monoisotopic (exact) mass is 426 g/mol. The zero-order valence-corrected chi connectivity index (χ0v) is 18.1. The number of aliphatic hydroxyl groups is 1. The summed E-state index contributed by atoms with van der Waals surface area (Å²) >= 11 is 0. The Morgan fingerprint density at radius 3 is 2.63 bits per heavy atom. The van der Waals surface area contributed by atoms with Crippen molar-refractivity contribution in [3.8, 4) is 5.75 Å². The van der Waals surface area contributed by atoms with Crippen molar-refractivity contribution in [2.45, 2.75) is 37.3 Å². The molecule has 0 unspecified atom stereocenters. The van der Waals surface area contributed by atoms with Crippen LogP contribution in [0.4, 0.5) is 0 Å². The van der Waals surface area contributed by atoms with Gasteiger partial charge < -0.3 is 9.84 Å². The molecule has 0 saturated heterocycles. The highest BCUT2D eigenvalue weighted by atomic mass is 32.2. The number of aliphatic hydroxyl groups excluding tert-OH is 1. The van der Waals surface area contributed by atoms with Crippen LogP contribution in [-0.4, -0.2) is 42.5 Å². The number of fused-ring (bicyclic) bond motifs is 2. The Hall–Kier alpha value is -2.48. The molecule has 0 radical (unpaired) electrons. The van der Waals surface area contributed by atoms with Crippen molar-refractivity contribution in [1.82, 2.24) is 9.29 Å². The summed E-state index contributed by atoms with van der Waals surface area (Å²) in [4.78, 5) is 4.90. The first-order valence-electron chi connectivity index (χ1n) is 10.0. The fraction of sp³-hybridized carbons (Fsp3) is 0.348. The molecular weight excluding hydrogens is 400 g/mol. The first-order valence-corrected chi connectivity index (χ1v) is 11.5. The molecule has 7 heteroatoms. The summed E-state index contributed by atoms with van der Waals surface area (Å²) in [5.74, 6) is 0.877.